The summed E-state index contributed by atoms with van der Waals surface area (Å²) in [6, 6.07) is 0. The van der Waals surface area contributed by atoms with Crippen LogP contribution in [-0.2, 0) is 66.5 Å². The Hall–Kier alpha value is -3.24. The number of aliphatic carboxylic acids is 1. The molecule has 30 atom stereocenters. The third-order valence-electron chi connectivity index (χ3n) is 22.2. The summed E-state index contributed by atoms with van der Waals surface area (Å²) in [5, 5.41) is 145. The number of fused-ring (bicyclic) bond motifs is 7. The van der Waals surface area contributed by atoms with Gasteiger partial charge in [-0.2, -0.15) is 0 Å². The number of ether oxygens (including phenoxy) is 10. The van der Waals surface area contributed by atoms with E-state index in [0.29, 0.717) is 37.7 Å². The Morgan fingerprint density at radius 2 is 1.31 bits per heavy atom. The van der Waals surface area contributed by atoms with Gasteiger partial charge in [0.2, 0.25) is 0 Å². The minimum absolute atomic E-state index is 0.112. The zero-order chi connectivity index (χ0) is 63.3. The van der Waals surface area contributed by atoms with E-state index in [-0.39, 0.29) is 25.4 Å². The van der Waals surface area contributed by atoms with Crippen molar-refractivity contribution in [2.45, 2.75) is 242 Å². The highest BCUT2D eigenvalue weighted by Crippen LogP contribution is 2.76. The van der Waals surface area contributed by atoms with Crippen LogP contribution in [-0.4, -0.2) is 252 Å². The molecule has 0 radical (unpaired) electrons. The van der Waals surface area contributed by atoms with Crippen LogP contribution in [0.15, 0.2) is 23.3 Å². The maximum Gasteiger partial charge on any atom is 0.335 e. The average molecular weight is 1230 g/mol. The SMILES string of the molecule is CC=C(C)C(=O)O[C@H]1[C@H](O)[C@@]2(COC(C)=O)C(CC1(C)C)C1=CCC3[C@@]4(C)CC[C@H](O[C@@H]5O[C@H](C(=O)O)[C@@H](O)[C@H](O[C@@H]6OC[C@H](O)[C@H](O)[C@H]6O[C@@H]6OC[C@@H](O)[C@H](O)[C@H]6O)[C@H]5O[C@H]5O[C@H](CO)[C@H](O)[C@H](O)[C@H]5O)[C@@](C)(C=O)C4CC[C@@]3(C)[C@]1(C)C[C@H]2O. The molecule has 9 rings (SSSR count). The summed E-state index contributed by atoms with van der Waals surface area (Å²) in [5.41, 5.74) is -4.42. The van der Waals surface area contributed by atoms with E-state index in [9.17, 15) is 85.6 Å². The van der Waals surface area contributed by atoms with Crippen LogP contribution in [0.5, 0.6) is 0 Å². The lowest BCUT2D eigenvalue weighted by atomic mass is 9.33. The number of carboxylic acid groups (broad SMARTS) is 1. The lowest BCUT2D eigenvalue weighted by Crippen LogP contribution is -2.72. The third kappa shape index (κ3) is 11.0. The molecule has 0 aromatic carbocycles. The van der Waals surface area contributed by atoms with Crippen molar-refractivity contribution in [1.82, 2.24) is 0 Å². The molecule has 13 N–H and O–H groups in total. The number of aliphatic hydroxyl groups excluding tert-OH is 12. The molecule has 4 saturated carbocycles. The molecule has 488 valence electrons. The van der Waals surface area contributed by atoms with Crippen LogP contribution in [0.3, 0.4) is 0 Å². The maximum atomic E-state index is 14.2. The normalized spacial score (nSPS) is 51.1. The molecule has 27 nitrogen and oxygen atoms in total. The summed E-state index contributed by atoms with van der Waals surface area (Å²) in [6.07, 6.45) is -32.7. The van der Waals surface area contributed by atoms with Gasteiger partial charge in [-0.25, -0.2) is 9.59 Å². The summed E-state index contributed by atoms with van der Waals surface area (Å²) >= 11 is 0. The van der Waals surface area contributed by atoms with E-state index in [0.717, 1.165) is 11.9 Å². The first kappa shape index (κ1) is 67.2. The van der Waals surface area contributed by atoms with Gasteiger partial charge in [-0.3, -0.25) is 4.79 Å². The van der Waals surface area contributed by atoms with Gasteiger partial charge in [-0.15, -0.1) is 0 Å². The molecule has 0 aromatic heterocycles. The van der Waals surface area contributed by atoms with Crippen molar-refractivity contribution < 1.29 is 133 Å². The first-order valence-corrected chi connectivity index (χ1v) is 29.8. The van der Waals surface area contributed by atoms with Gasteiger partial charge in [0.05, 0.1) is 42.9 Å². The smallest absolute Gasteiger partial charge is 0.335 e. The van der Waals surface area contributed by atoms with Crippen LogP contribution in [0.2, 0.25) is 0 Å². The zero-order valence-corrected chi connectivity index (χ0v) is 50.0. The lowest BCUT2D eigenvalue weighted by molar-refractivity contribution is -0.398. The molecule has 0 spiro atoms. The summed E-state index contributed by atoms with van der Waals surface area (Å²) in [5.74, 6) is -4.18. The molecule has 4 aliphatic heterocycles. The fourth-order valence-corrected chi connectivity index (χ4v) is 16.9. The second kappa shape index (κ2) is 24.8. The molecular formula is C59H90O27. The summed E-state index contributed by atoms with van der Waals surface area (Å²) in [7, 11) is 0. The van der Waals surface area contributed by atoms with E-state index in [4.69, 9.17) is 47.4 Å². The number of rotatable bonds is 15. The van der Waals surface area contributed by atoms with Gasteiger partial charge >= 0.3 is 17.9 Å². The van der Waals surface area contributed by atoms with Gasteiger partial charge in [0.15, 0.2) is 31.3 Å². The molecule has 3 unspecified atom stereocenters. The van der Waals surface area contributed by atoms with Crippen LogP contribution < -0.4 is 0 Å². The lowest BCUT2D eigenvalue weighted by Gasteiger charge is -2.72. The number of carbonyl (C=O) groups excluding carboxylic acids is 3. The second-order valence-electron chi connectivity index (χ2n) is 27.3. The molecule has 0 aromatic rings. The topological polar surface area (TPSA) is 424 Å². The number of esters is 2. The van der Waals surface area contributed by atoms with Crippen LogP contribution in [0.1, 0.15) is 107 Å². The molecule has 9 aliphatic rings. The molecule has 4 heterocycles. The van der Waals surface area contributed by atoms with Crippen LogP contribution in [0.25, 0.3) is 0 Å². The number of carbonyl (C=O) groups is 4. The summed E-state index contributed by atoms with van der Waals surface area (Å²) < 4.78 is 60.0. The molecule has 0 amide bonds. The number of hydrogen-bond donors (Lipinski definition) is 13. The largest absolute Gasteiger partial charge is 0.479 e. The summed E-state index contributed by atoms with van der Waals surface area (Å²) in [6.45, 7) is 14.1. The van der Waals surface area contributed by atoms with E-state index >= 15 is 0 Å². The van der Waals surface area contributed by atoms with Crippen molar-refractivity contribution in [2.24, 2.45) is 50.2 Å². The third-order valence-corrected chi connectivity index (χ3v) is 22.2. The molecule has 4 saturated heterocycles. The van der Waals surface area contributed by atoms with Gasteiger partial charge in [-0.1, -0.05) is 59.3 Å². The Balaban J connectivity index is 1.05. The number of hydrogen-bond acceptors (Lipinski definition) is 26. The molecular weight excluding hydrogens is 1140 g/mol. The van der Waals surface area contributed by atoms with Gasteiger partial charge in [0.1, 0.15) is 104 Å². The zero-order valence-electron chi connectivity index (χ0n) is 50.0. The Labute approximate surface area is 498 Å². The Morgan fingerprint density at radius 1 is 0.686 bits per heavy atom. The molecule has 27 heteroatoms. The van der Waals surface area contributed by atoms with E-state index in [1.165, 1.54) is 6.92 Å². The Morgan fingerprint density at radius 3 is 1.94 bits per heavy atom. The highest BCUT2D eigenvalue weighted by atomic mass is 16.8. The summed E-state index contributed by atoms with van der Waals surface area (Å²) in [4.78, 5) is 53.3. The highest BCUT2D eigenvalue weighted by Gasteiger charge is 2.74. The Bertz CT molecular complexity index is 2550. The predicted octanol–water partition coefficient (Wildman–Crippen LogP) is -2.01. The van der Waals surface area contributed by atoms with Crippen molar-refractivity contribution in [3.8, 4) is 0 Å². The van der Waals surface area contributed by atoms with Crippen molar-refractivity contribution in [1.29, 1.82) is 0 Å². The fourth-order valence-electron chi connectivity index (χ4n) is 16.9. The predicted molar refractivity (Wildman–Crippen MR) is 289 cm³/mol. The standard InChI is InChI=1S/C59H90O27/c1-10-24(2)49(76)86-47-46(73)59(23-79-25(3)62)27(17-54(47,4)5)26-11-12-32-55(6)15-14-34(56(7,22-61)31(55)13-16-57(32,8)58(26,9)18-33(59)65)81-53-45(85-51-40(71)38(69)37(68)30(19-60)80-51)42(41(72)43(83-53)48(74)75)82-52-44(36(67)29(64)21-78-52)84-50-39(70)35(66)28(63)20-77-50/h10-11,22,27-47,50-53,60,63-73H,12-21,23H2,1-9H3,(H,74,75)/t27?,28-,29+,30-,31?,32?,33-,34+,35+,36+,37+,38+,39-,40-,41+,42+,43+,44-,45-,46+,47+,50+,51-,52+,53-,55+,56+,57-,58-,59+/m1/s1. The van der Waals surface area contributed by atoms with Crippen LogP contribution >= 0.6 is 0 Å². The van der Waals surface area contributed by atoms with Crippen molar-refractivity contribution in [2.75, 3.05) is 26.4 Å². The number of allylic oxidation sites excluding steroid dienone is 3. The van der Waals surface area contributed by atoms with Crippen molar-refractivity contribution in [3.05, 3.63) is 23.3 Å². The minimum atomic E-state index is -2.28. The van der Waals surface area contributed by atoms with E-state index in [2.05, 4.69) is 26.8 Å². The van der Waals surface area contributed by atoms with Crippen LogP contribution in [0, 0.1) is 50.2 Å². The first-order chi connectivity index (χ1) is 40.2. The molecule has 8 fully saturated rings. The quantitative estimate of drug-likeness (QED) is 0.0277. The highest BCUT2D eigenvalue weighted by molar-refractivity contribution is 5.87. The van der Waals surface area contributed by atoms with Crippen LogP contribution in [0.4, 0.5) is 0 Å². The first-order valence-electron chi connectivity index (χ1n) is 29.8. The van der Waals surface area contributed by atoms with E-state index in [1.54, 1.807) is 26.8 Å². The van der Waals surface area contributed by atoms with Gasteiger partial charge in [-0.05, 0) is 92.8 Å². The molecule has 0 bridgehead atoms. The van der Waals surface area contributed by atoms with Gasteiger partial charge < -0.3 is 119 Å². The monoisotopic (exact) mass is 1230 g/mol. The molecule has 5 aliphatic carbocycles. The van der Waals surface area contributed by atoms with Gasteiger partial charge in [0, 0.05) is 17.9 Å². The minimum Gasteiger partial charge on any atom is -0.479 e. The van der Waals surface area contributed by atoms with E-state index < -0.39 is 217 Å². The second-order valence-corrected chi connectivity index (χ2v) is 27.3. The van der Waals surface area contributed by atoms with Gasteiger partial charge in [0.25, 0.3) is 0 Å². The number of aldehydes is 1. The average Bonchev–Trinajstić information content (AvgIpc) is 0.672. The van der Waals surface area contributed by atoms with E-state index in [1.807, 2.05) is 13.8 Å². The number of carboxylic acids is 1. The molecule has 86 heavy (non-hydrogen) atoms. The van der Waals surface area contributed by atoms with Crippen molar-refractivity contribution >= 4 is 24.2 Å². The van der Waals surface area contributed by atoms with Crippen molar-refractivity contribution in [3.63, 3.8) is 0 Å². The maximum absolute atomic E-state index is 14.2. The fraction of sp³-hybridized carbons (Fsp3) is 0.864. The number of aliphatic hydroxyl groups is 12. The Kier molecular flexibility index (Phi) is 19.3.